The maximum atomic E-state index is 13.4. The van der Waals surface area contributed by atoms with Gasteiger partial charge in [-0.15, -0.1) is 0 Å². The number of hydrogen-bond donors (Lipinski definition) is 0. The molecule has 5 rings (SSSR count). The average Bonchev–Trinajstić information content (AvgIpc) is 3.43. The summed E-state index contributed by atoms with van der Waals surface area (Å²) in [5, 5.41) is 0. The fourth-order valence-corrected chi connectivity index (χ4v) is 5.18. The molecule has 0 bridgehead atoms. The summed E-state index contributed by atoms with van der Waals surface area (Å²) in [6.45, 7) is 3.93. The van der Waals surface area contributed by atoms with Crippen molar-refractivity contribution in [1.82, 2.24) is 14.4 Å². The maximum absolute atomic E-state index is 13.4. The fraction of sp³-hybridized carbons (Fsp3) is 0.458. The molecule has 1 aliphatic carbocycles. The van der Waals surface area contributed by atoms with Gasteiger partial charge in [0.25, 0.3) is 11.5 Å². The van der Waals surface area contributed by atoms with Crippen LogP contribution in [0, 0.1) is 6.92 Å². The minimum Gasteiger partial charge on any atom is -0.448 e. The smallest absolute Gasteiger partial charge is 0.410 e. The van der Waals surface area contributed by atoms with E-state index in [2.05, 4.69) is 6.07 Å². The van der Waals surface area contributed by atoms with Gasteiger partial charge in [0.05, 0.1) is 12.2 Å². The molecule has 7 nitrogen and oxygen atoms in total. The number of carbonyl (C=O) groups excluding carboxylic acids is 2. The molecule has 0 radical (unpaired) electrons. The highest BCUT2D eigenvalue weighted by Crippen LogP contribution is 2.27. The second kappa shape index (κ2) is 7.87. The third kappa shape index (κ3) is 3.42. The second-order valence-corrected chi connectivity index (χ2v) is 8.65. The molecule has 162 valence electrons. The van der Waals surface area contributed by atoms with Gasteiger partial charge in [0.1, 0.15) is 12.2 Å². The summed E-state index contributed by atoms with van der Waals surface area (Å²) in [5.74, 6) is -0.216. The van der Waals surface area contributed by atoms with Gasteiger partial charge in [0.2, 0.25) is 0 Å². The van der Waals surface area contributed by atoms with Crippen molar-refractivity contribution in [2.75, 3.05) is 26.2 Å². The first-order valence-corrected chi connectivity index (χ1v) is 11.1. The largest absolute Gasteiger partial charge is 0.448 e. The molecule has 7 heteroatoms. The number of pyridine rings is 1. The third-order valence-corrected chi connectivity index (χ3v) is 6.88. The van der Waals surface area contributed by atoms with Crippen LogP contribution in [0.25, 0.3) is 5.69 Å². The lowest BCUT2D eigenvalue weighted by molar-refractivity contribution is 0.0656. The van der Waals surface area contributed by atoms with Gasteiger partial charge < -0.3 is 14.5 Å². The van der Waals surface area contributed by atoms with E-state index in [4.69, 9.17) is 4.74 Å². The summed E-state index contributed by atoms with van der Waals surface area (Å²) < 4.78 is 6.68. The van der Waals surface area contributed by atoms with Crippen LogP contribution in [0.5, 0.6) is 0 Å². The molecule has 0 saturated carbocycles. The van der Waals surface area contributed by atoms with E-state index in [9.17, 15) is 14.4 Å². The number of aromatic nitrogens is 1. The van der Waals surface area contributed by atoms with Gasteiger partial charge >= 0.3 is 6.09 Å². The Morgan fingerprint density at radius 2 is 1.87 bits per heavy atom. The van der Waals surface area contributed by atoms with Crippen molar-refractivity contribution in [2.24, 2.45) is 0 Å². The number of benzene rings is 1. The van der Waals surface area contributed by atoms with Crippen LogP contribution in [-0.2, 0) is 17.6 Å². The predicted molar refractivity (Wildman–Crippen MR) is 116 cm³/mol. The van der Waals surface area contributed by atoms with Gasteiger partial charge in [0, 0.05) is 25.3 Å². The SMILES string of the molecule is Cc1ccn(-c2cccc3c2CCC3)c(=O)c1C(=O)N1CCC(N2CCOC2=O)CC1. The molecule has 2 aromatic rings. The Balaban J connectivity index is 1.40. The molecule has 3 heterocycles. The normalized spacial score (nSPS) is 18.9. The van der Waals surface area contributed by atoms with Crippen LogP contribution in [0.3, 0.4) is 0 Å². The Morgan fingerprint density at radius 3 is 2.61 bits per heavy atom. The van der Waals surface area contributed by atoms with Crippen molar-refractivity contribution in [3.63, 3.8) is 0 Å². The van der Waals surface area contributed by atoms with Crippen LogP contribution in [0.2, 0.25) is 0 Å². The zero-order valence-electron chi connectivity index (χ0n) is 17.8. The van der Waals surface area contributed by atoms with E-state index in [0.717, 1.165) is 24.9 Å². The standard InChI is InChI=1S/C24H27N3O4/c1-16-8-13-27(20-7-3-5-17-4-2-6-19(17)20)23(29)21(16)22(28)25-11-9-18(10-12-25)26-14-15-31-24(26)30/h3,5,7-8,13,18H,2,4,6,9-12,14-15H2,1H3. The molecule has 1 aromatic heterocycles. The first kappa shape index (κ1) is 19.8. The first-order chi connectivity index (χ1) is 15.0. The predicted octanol–water partition coefficient (Wildman–Crippen LogP) is 2.69. The van der Waals surface area contributed by atoms with Crippen LogP contribution in [0.15, 0.2) is 35.3 Å². The van der Waals surface area contributed by atoms with Crippen molar-refractivity contribution in [2.45, 2.75) is 45.1 Å². The third-order valence-electron chi connectivity index (χ3n) is 6.88. The highest BCUT2D eigenvalue weighted by Gasteiger charge is 2.34. The van der Waals surface area contributed by atoms with E-state index < -0.39 is 0 Å². The van der Waals surface area contributed by atoms with Gasteiger partial charge in [-0.25, -0.2) is 4.79 Å². The van der Waals surface area contributed by atoms with E-state index in [1.807, 2.05) is 25.1 Å². The van der Waals surface area contributed by atoms with Crippen LogP contribution < -0.4 is 5.56 Å². The molecule has 2 aliphatic heterocycles. The zero-order chi connectivity index (χ0) is 21.5. The Bertz CT molecular complexity index is 1100. The number of rotatable bonds is 3. The van der Waals surface area contributed by atoms with Crippen molar-refractivity contribution in [1.29, 1.82) is 0 Å². The minimum atomic E-state index is -0.262. The van der Waals surface area contributed by atoms with Crippen LogP contribution in [0.4, 0.5) is 4.79 Å². The Labute approximate surface area is 181 Å². The Morgan fingerprint density at radius 1 is 1.06 bits per heavy atom. The number of piperidine rings is 1. The lowest BCUT2D eigenvalue weighted by Crippen LogP contribution is -2.48. The van der Waals surface area contributed by atoms with Crippen LogP contribution in [-0.4, -0.2) is 58.7 Å². The summed E-state index contributed by atoms with van der Waals surface area (Å²) in [7, 11) is 0. The van der Waals surface area contributed by atoms with Crippen molar-refractivity contribution < 1.29 is 14.3 Å². The molecule has 0 spiro atoms. The Kier molecular flexibility index (Phi) is 5.04. The van der Waals surface area contributed by atoms with E-state index in [-0.39, 0.29) is 29.2 Å². The molecule has 0 atom stereocenters. The first-order valence-electron chi connectivity index (χ1n) is 11.1. The van der Waals surface area contributed by atoms with Gasteiger partial charge in [-0.05, 0) is 67.9 Å². The highest BCUT2D eigenvalue weighted by molar-refractivity contribution is 5.95. The number of aryl methyl sites for hydroxylation is 2. The molecule has 0 unspecified atom stereocenters. The average molecular weight is 421 g/mol. The van der Waals surface area contributed by atoms with Gasteiger partial charge in [-0.2, -0.15) is 0 Å². The summed E-state index contributed by atoms with van der Waals surface area (Å²) >= 11 is 0. The number of nitrogens with zero attached hydrogens (tertiary/aromatic N) is 3. The summed E-state index contributed by atoms with van der Waals surface area (Å²) in [5.41, 5.74) is 4.09. The van der Waals surface area contributed by atoms with E-state index >= 15 is 0 Å². The number of ether oxygens (including phenoxy) is 1. The number of amides is 2. The van der Waals surface area contributed by atoms with E-state index in [0.29, 0.717) is 44.6 Å². The molecule has 2 amide bonds. The minimum absolute atomic E-state index is 0.0967. The monoisotopic (exact) mass is 421 g/mol. The second-order valence-electron chi connectivity index (χ2n) is 8.65. The molecule has 31 heavy (non-hydrogen) atoms. The van der Waals surface area contributed by atoms with Crippen molar-refractivity contribution >= 4 is 12.0 Å². The van der Waals surface area contributed by atoms with E-state index in [1.165, 1.54) is 11.1 Å². The van der Waals surface area contributed by atoms with Crippen molar-refractivity contribution in [3.8, 4) is 5.69 Å². The van der Waals surface area contributed by atoms with Crippen LogP contribution in [0.1, 0.15) is 46.3 Å². The lowest BCUT2D eigenvalue weighted by atomic mass is 10.0. The fourth-order valence-electron chi connectivity index (χ4n) is 5.18. The Hall–Kier alpha value is -3.09. The summed E-state index contributed by atoms with van der Waals surface area (Å²) in [4.78, 5) is 42.1. The van der Waals surface area contributed by atoms with Gasteiger partial charge in [0.15, 0.2) is 0 Å². The quantitative estimate of drug-likeness (QED) is 0.764. The highest BCUT2D eigenvalue weighted by atomic mass is 16.6. The molecule has 1 aromatic carbocycles. The lowest BCUT2D eigenvalue weighted by Gasteiger charge is -2.35. The molecule has 0 N–H and O–H groups in total. The van der Waals surface area contributed by atoms with Crippen molar-refractivity contribution in [3.05, 3.63) is 63.1 Å². The maximum Gasteiger partial charge on any atom is 0.410 e. The summed E-state index contributed by atoms with van der Waals surface area (Å²) in [6.07, 6.45) is 6.02. The topological polar surface area (TPSA) is 71.8 Å². The van der Waals surface area contributed by atoms with Crippen LogP contribution >= 0.6 is 0 Å². The number of cyclic esters (lactones) is 1. The molecule has 2 fully saturated rings. The molecular formula is C24H27N3O4. The summed E-state index contributed by atoms with van der Waals surface area (Å²) in [6, 6.07) is 8.03. The van der Waals surface area contributed by atoms with E-state index in [1.54, 1.807) is 20.6 Å². The van der Waals surface area contributed by atoms with Gasteiger partial charge in [-0.3, -0.25) is 14.2 Å². The van der Waals surface area contributed by atoms with Gasteiger partial charge in [-0.1, -0.05) is 12.1 Å². The number of fused-ring (bicyclic) bond motifs is 1. The number of carbonyl (C=O) groups is 2. The molecule has 3 aliphatic rings. The zero-order valence-corrected chi connectivity index (χ0v) is 17.8. The number of likely N-dealkylation sites (tertiary alicyclic amines) is 1. The molecular weight excluding hydrogens is 394 g/mol. The number of hydrogen-bond acceptors (Lipinski definition) is 4. The molecule has 2 saturated heterocycles.